The molecule has 1 N–H and O–H groups in total. The van der Waals surface area contributed by atoms with Crippen LogP contribution in [0.2, 0.25) is 0 Å². The van der Waals surface area contributed by atoms with Gasteiger partial charge in [0.05, 0.1) is 13.2 Å². The number of esters is 1. The van der Waals surface area contributed by atoms with Gasteiger partial charge in [-0.2, -0.15) is 0 Å². The maximum atomic E-state index is 13.1. The number of para-hydroxylation sites is 1. The second-order valence-corrected chi connectivity index (χ2v) is 9.18. The normalized spacial score (nSPS) is 20.7. The molecule has 2 fully saturated rings. The topological polar surface area (TPSA) is 59.0 Å². The van der Waals surface area contributed by atoms with E-state index in [1.54, 1.807) is 0 Å². The highest BCUT2D eigenvalue weighted by Gasteiger charge is 2.48. The number of hydrogen-bond acceptors (Lipinski definition) is 5. The van der Waals surface area contributed by atoms with E-state index < -0.39 is 11.6 Å². The molecule has 2 atom stereocenters. The number of nitrogens with zero attached hydrogens (tertiary/aromatic N) is 1. The van der Waals surface area contributed by atoms with Crippen LogP contribution in [0.5, 0.6) is 5.75 Å². The van der Waals surface area contributed by atoms with E-state index in [0.717, 1.165) is 63.9 Å². The molecule has 0 spiro atoms. The van der Waals surface area contributed by atoms with E-state index in [-0.39, 0.29) is 22.9 Å². The van der Waals surface area contributed by atoms with Gasteiger partial charge in [-0.25, -0.2) is 4.79 Å². The summed E-state index contributed by atoms with van der Waals surface area (Å²) in [5.74, 6) is 0.678. The maximum absolute atomic E-state index is 13.1. The number of rotatable bonds is 10. The van der Waals surface area contributed by atoms with Gasteiger partial charge in [0.25, 0.3) is 0 Å². The van der Waals surface area contributed by atoms with Gasteiger partial charge in [0.1, 0.15) is 5.75 Å². The number of hydrogen-bond donors (Lipinski definition) is 1. The summed E-state index contributed by atoms with van der Waals surface area (Å²) >= 11 is 0. The third kappa shape index (κ3) is 6.58. The summed E-state index contributed by atoms with van der Waals surface area (Å²) in [5.41, 5.74) is -0.881. The lowest BCUT2D eigenvalue weighted by atomic mass is 9.80. The van der Waals surface area contributed by atoms with E-state index in [9.17, 15) is 9.90 Å². The van der Waals surface area contributed by atoms with Gasteiger partial charge in [0.2, 0.25) is 0 Å². The molecule has 0 radical (unpaired) electrons. The summed E-state index contributed by atoms with van der Waals surface area (Å²) in [5, 5.41) is 11.5. The summed E-state index contributed by atoms with van der Waals surface area (Å²) in [4.78, 5) is 15.5. The molecule has 180 valence electrons. The predicted molar refractivity (Wildman–Crippen MR) is 135 cm³/mol. The summed E-state index contributed by atoms with van der Waals surface area (Å²) < 4.78 is 11.5. The zero-order valence-electron chi connectivity index (χ0n) is 19.2. The van der Waals surface area contributed by atoms with Crippen LogP contribution >= 0.6 is 17.0 Å². The fourth-order valence-electron chi connectivity index (χ4n) is 5.11. The first-order chi connectivity index (χ1) is 15.7. The highest BCUT2D eigenvalue weighted by Crippen LogP contribution is 2.41. The Bertz CT molecular complexity index is 844. The molecule has 0 aromatic heterocycles. The van der Waals surface area contributed by atoms with Crippen LogP contribution in [-0.2, 0) is 15.1 Å². The molecule has 4 rings (SSSR count). The van der Waals surface area contributed by atoms with Gasteiger partial charge in [-0.1, -0.05) is 61.4 Å². The Labute approximate surface area is 207 Å². The summed E-state index contributed by atoms with van der Waals surface area (Å²) in [6.07, 6.45) is 5.82. The van der Waals surface area contributed by atoms with Gasteiger partial charge in [-0.15, -0.1) is 17.0 Å². The third-order valence-corrected chi connectivity index (χ3v) is 6.92. The van der Waals surface area contributed by atoms with Gasteiger partial charge in [-0.3, -0.25) is 0 Å². The predicted octanol–water partition coefficient (Wildman–Crippen LogP) is 4.98. The molecule has 6 heteroatoms. The molecule has 1 saturated carbocycles. The van der Waals surface area contributed by atoms with Crippen molar-refractivity contribution in [3.8, 4) is 5.75 Å². The number of ether oxygens (including phenoxy) is 2. The Morgan fingerprint density at radius 3 is 2.36 bits per heavy atom. The molecular formula is C27H36BrNO4. The monoisotopic (exact) mass is 517 g/mol. The van der Waals surface area contributed by atoms with Crippen LogP contribution in [0, 0.1) is 11.8 Å². The van der Waals surface area contributed by atoms with E-state index in [1.165, 1.54) is 0 Å². The smallest absolute Gasteiger partial charge is 0.343 e. The number of aliphatic hydroxyl groups is 1. The highest BCUT2D eigenvalue weighted by molar-refractivity contribution is 8.93. The molecule has 1 heterocycles. The lowest BCUT2D eigenvalue weighted by molar-refractivity contribution is -0.175. The quantitative estimate of drug-likeness (QED) is 0.355. The highest BCUT2D eigenvalue weighted by atomic mass is 79.9. The standard InChI is InChI=1S/C27H35NO4.BrH/c29-26(27(30,24-12-7-8-13-24)23-10-3-1-4-11-23)32-21-22-16-18-28(20-22)17-9-19-31-25-14-5-2-6-15-25;/h1-6,10-11,14-15,22,24,30H,7-9,12-13,16-21H2;1H/t22?,27-;/m0./s1. The van der Waals surface area contributed by atoms with Crippen LogP contribution in [0.4, 0.5) is 0 Å². The Morgan fingerprint density at radius 1 is 1.00 bits per heavy atom. The second kappa shape index (κ2) is 12.5. The fourth-order valence-corrected chi connectivity index (χ4v) is 5.11. The molecule has 0 bridgehead atoms. The molecule has 2 aromatic carbocycles. The Hall–Kier alpha value is -1.89. The average Bonchev–Trinajstić information content (AvgIpc) is 3.54. The van der Waals surface area contributed by atoms with Crippen molar-refractivity contribution in [3.63, 3.8) is 0 Å². The zero-order chi connectivity index (χ0) is 22.2. The average molecular weight is 518 g/mol. The van der Waals surface area contributed by atoms with Crippen LogP contribution in [0.25, 0.3) is 0 Å². The third-order valence-electron chi connectivity index (χ3n) is 6.92. The Morgan fingerprint density at radius 2 is 1.67 bits per heavy atom. The van der Waals surface area contributed by atoms with E-state index in [4.69, 9.17) is 9.47 Å². The van der Waals surface area contributed by atoms with Crippen LogP contribution in [0.15, 0.2) is 60.7 Å². The van der Waals surface area contributed by atoms with E-state index in [2.05, 4.69) is 4.90 Å². The van der Waals surface area contributed by atoms with Crippen molar-refractivity contribution in [2.24, 2.45) is 11.8 Å². The van der Waals surface area contributed by atoms with Crippen molar-refractivity contribution in [1.29, 1.82) is 0 Å². The van der Waals surface area contributed by atoms with E-state index in [1.807, 2.05) is 60.7 Å². The molecule has 0 amide bonds. The SMILES string of the molecule is Br.O=C(OCC1CCN(CCCOc2ccccc2)C1)[C@](O)(c1ccccc1)C1CCCC1. The summed E-state index contributed by atoms with van der Waals surface area (Å²) in [6.45, 7) is 3.99. The molecule has 33 heavy (non-hydrogen) atoms. The van der Waals surface area contributed by atoms with Gasteiger partial charge in [0.15, 0.2) is 5.60 Å². The minimum Gasteiger partial charge on any atom is -0.494 e. The first-order valence-corrected chi connectivity index (χ1v) is 12.0. The van der Waals surface area contributed by atoms with Crippen molar-refractivity contribution in [2.75, 3.05) is 32.8 Å². The first kappa shape index (κ1) is 25.7. The first-order valence-electron chi connectivity index (χ1n) is 12.0. The molecule has 5 nitrogen and oxygen atoms in total. The number of halogens is 1. The zero-order valence-corrected chi connectivity index (χ0v) is 20.9. The molecule has 2 aromatic rings. The van der Waals surface area contributed by atoms with E-state index >= 15 is 0 Å². The van der Waals surface area contributed by atoms with Crippen LogP contribution < -0.4 is 4.74 Å². The van der Waals surface area contributed by atoms with Crippen molar-refractivity contribution in [1.82, 2.24) is 4.90 Å². The van der Waals surface area contributed by atoms with Gasteiger partial charge < -0.3 is 19.5 Å². The number of likely N-dealkylation sites (tertiary alicyclic amines) is 1. The van der Waals surface area contributed by atoms with Gasteiger partial charge in [-0.05, 0) is 49.9 Å². The fraction of sp³-hybridized carbons (Fsp3) is 0.519. The van der Waals surface area contributed by atoms with Crippen molar-refractivity contribution in [2.45, 2.75) is 44.1 Å². The lowest BCUT2D eigenvalue weighted by Crippen LogP contribution is -2.44. The summed E-state index contributed by atoms with van der Waals surface area (Å²) in [6, 6.07) is 19.2. The van der Waals surface area contributed by atoms with Gasteiger partial charge in [0, 0.05) is 24.9 Å². The Kier molecular flexibility index (Phi) is 9.78. The number of benzene rings is 2. The molecule has 2 aliphatic rings. The van der Waals surface area contributed by atoms with E-state index in [0.29, 0.717) is 24.7 Å². The minimum atomic E-state index is -1.54. The van der Waals surface area contributed by atoms with Crippen LogP contribution in [0.3, 0.4) is 0 Å². The number of carbonyl (C=O) groups excluding carboxylic acids is 1. The Balaban J connectivity index is 0.00000306. The maximum Gasteiger partial charge on any atom is 0.343 e. The molecule has 1 aliphatic carbocycles. The molecular weight excluding hydrogens is 482 g/mol. The molecule has 1 aliphatic heterocycles. The second-order valence-electron chi connectivity index (χ2n) is 9.18. The van der Waals surface area contributed by atoms with Crippen LogP contribution in [0.1, 0.15) is 44.1 Å². The lowest BCUT2D eigenvalue weighted by Gasteiger charge is -2.32. The number of carbonyl (C=O) groups is 1. The minimum absolute atomic E-state index is 0. The van der Waals surface area contributed by atoms with Crippen LogP contribution in [-0.4, -0.2) is 48.8 Å². The summed E-state index contributed by atoms with van der Waals surface area (Å²) in [7, 11) is 0. The molecule has 1 saturated heterocycles. The van der Waals surface area contributed by atoms with Gasteiger partial charge >= 0.3 is 5.97 Å². The molecule has 1 unspecified atom stereocenters. The van der Waals surface area contributed by atoms with Crippen molar-refractivity contribution < 1.29 is 19.4 Å². The van der Waals surface area contributed by atoms with Crippen molar-refractivity contribution in [3.05, 3.63) is 66.2 Å². The largest absolute Gasteiger partial charge is 0.494 e. The van der Waals surface area contributed by atoms with Crippen molar-refractivity contribution >= 4 is 23.0 Å².